The van der Waals surface area contributed by atoms with Gasteiger partial charge in [0.25, 0.3) is 0 Å². The molecule has 7 heteroatoms. The maximum absolute atomic E-state index is 10.5. The molecule has 0 aromatic heterocycles. The van der Waals surface area contributed by atoms with Crippen LogP contribution in [0.15, 0.2) is 33.7 Å². The van der Waals surface area contributed by atoms with Gasteiger partial charge in [0.1, 0.15) is 11.9 Å². The van der Waals surface area contributed by atoms with Crippen molar-refractivity contribution in [2.75, 3.05) is 32.8 Å². The number of hydrogen-bond donors (Lipinski definition) is 3. The van der Waals surface area contributed by atoms with Crippen molar-refractivity contribution in [3.63, 3.8) is 0 Å². The van der Waals surface area contributed by atoms with Crippen molar-refractivity contribution < 1.29 is 14.6 Å². The summed E-state index contributed by atoms with van der Waals surface area (Å²) < 4.78 is 12.2. The van der Waals surface area contributed by atoms with Crippen LogP contribution in [0.4, 0.5) is 0 Å². The molecule has 0 amide bonds. The standard InChI is InChI=1S/C18H28BrN3O3/c1-3-20-17(22-13-18(23)8-10-24-11-9-18)21-12-14(2)25-16-7-5-4-6-15(16)19/h4-7,14,23H,3,8-13H2,1-2H3,(H2,20,21,22). The van der Waals surface area contributed by atoms with Crippen molar-refractivity contribution in [1.29, 1.82) is 0 Å². The van der Waals surface area contributed by atoms with Crippen LogP contribution in [0.5, 0.6) is 5.75 Å². The van der Waals surface area contributed by atoms with E-state index >= 15 is 0 Å². The first-order chi connectivity index (χ1) is 12.0. The molecular formula is C18H28BrN3O3. The number of para-hydroxylation sites is 1. The number of nitrogens with one attached hydrogen (secondary N) is 2. The molecule has 0 aliphatic carbocycles. The van der Waals surface area contributed by atoms with Crippen LogP contribution in [0.1, 0.15) is 26.7 Å². The van der Waals surface area contributed by atoms with Crippen molar-refractivity contribution in [2.24, 2.45) is 4.99 Å². The summed E-state index contributed by atoms with van der Waals surface area (Å²) in [7, 11) is 0. The third-order valence-electron chi connectivity index (χ3n) is 4.02. The molecule has 1 atom stereocenters. The summed E-state index contributed by atoms with van der Waals surface area (Å²) in [5, 5.41) is 17.0. The van der Waals surface area contributed by atoms with Gasteiger partial charge in [-0.2, -0.15) is 0 Å². The molecule has 1 aromatic rings. The molecule has 2 rings (SSSR count). The summed E-state index contributed by atoms with van der Waals surface area (Å²) in [6.45, 7) is 6.93. The molecule has 0 radical (unpaired) electrons. The van der Waals surface area contributed by atoms with E-state index in [1.807, 2.05) is 38.1 Å². The minimum Gasteiger partial charge on any atom is -0.488 e. The number of benzene rings is 1. The number of rotatable bonds is 7. The van der Waals surface area contributed by atoms with Gasteiger partial charge in [-0.25, -0.2) is 0 Å². The van der Waals surface area contributed by atoms with Crippen molar-refractivity contribution >= 4 is 21.9 Å². The Morgan fingerprint density at radius 2 is 2.08 bits per heavy atom. The van der Waals surface area contributed by atoms with Crippen molar-refractivity contribution in [1.82, 2.24) is 10.6 Å². The molecule has 0 bridgehead atoms. The lowest BCUT2D eigenvalue weighted by Crippen LogP contribution is -2.44. The van der Waals surface area contributed by atoms with Crippen LogP contribution in [0.3, 0.4) is 0 Å². The fourth-order valence-electron chi connectivity index (χ4n) is 2.52. The van der Waals surface area contributed by atoms with Crippen molar-refractivity contribution in [3.05, 3.63) is 28.7 Å². The van der Waals surface area contributed by atoms with Gasteiger partial charge in [-0.15, -0.1) is 0 Å². The smallest absolute Gasteiger partial charge is 0.191 e. The second-order valence-corrected chi connectivity index (χ2v) is 7.13. The Bertz CT molecular complexity index is 562. The molecule has 1 aliphatic rings. The zero-order valence-corrected chi connectivity index (χ0v) is 16.5. The zero-order valence-electron chi connectivity index (χ0n) is 14.9. The molecule has 0 saturated carbocycles. The molecule has 6 nitrogen and oxygen atoms in total. The summed E-state index contributed by atoms with van der Waals surface area (Å²) in [6.07, 6.45) is 1.21. The molecule has 140 valence electrons. The van der Waals surface area contributed by atoms with E-state index in [1.165, 1.54) is 0 Å². The monoisotopic (exact) mass is 413 g/mol. The van der Waals surface area contributed by atoms with Gasteiger partial charge in [-0.1, -0.05) is 12.1 Å². The fraction of sp³-hybridized carbons (Fsp3) is 0.611. The maximum Gasteiger partial charge on any atom is 0.191 e. The molecule has 1 heterocycles. The lowest BCUT2D eigenvalue weighted by molar-refractivity contribution is -0.0565. The molecular weight excluding hydrogens is 386 g/mol. The van der Waals surface area contributed by atoms with E-state index in [2.05, 4.69) is 31.6 Å². The second kappa shape index (κ2) is 9.99. The minimum atomic E-state index is -0.766. The summed E-state index contributed by atoms with van der Waals surface area (Å²) >= 11 is 3.49. The number of aliphatic imine (C=N–C) groups is 1. The molecule has 1 aromatic carbocycles. The Labute approximate surface area is 158 Å². The lowest BCUT2D eigenvalue weighted by Gasteiger charge is -2.30. The van der Waals surface area contributed by atoms with Crippen molar-refractivity contribution in [3.8, 4) is 5.75 Å². The Balaban J connectivity index is 1.85. The normalized spacial score (nSPS) is 18.5. The van der Waals surface area contributed by atoms with E-state index in [0.29, 0.717) is 45.1 Å². The number of halogens is 1. The Morgan fingerprint density at radius 3 is 2.76 bits per heavy atom. The molecule has 1 fully saturated rings. The van der Waals surface area contributed by atoms with Gasteiger partial charge in [0, 0.05) is 32.6 Å². The molecule has 0 spiro atoms. The molecule has 3 N–H and O–H groups in total. The summed E-state index contributed by atoms with van der Waals surface area (Å²) in [6, 6.07) is 7.79. The van der Waals surface area contributed by atoms with Gasteiger partial charge in [-0.3, -0.25) is 4.99 Å². The van der Waals surface area contributed by atoms with Gasteiger partial charge >= 0.3 is 0 Å². The van der Waals surface area contributed by atoms with Crippen LogP contribution in [0.2, 0.25) is 0 Å². The van der Waals surface area contributed by atoms with E-state index in [0.717, 1.165) is 16.8 Å². The highest BCUT2D eigenvalue weighted by Crippen LogP contribution is 2.24. The average Bonchev–Trinajstić information content (AvgIpc) is 2.60. The van der Waals surface area contributed by atoms with E-state index in [-0.39, 0.29) is 6.10 Å². The average molecular weight is 414 g/mol. The summed E-state index contributed by atoms with van der Waals surface area (Å²) in [5.74, 6) is 1.50. The highest BCUT2D eigenvalue weighted by molar-refractivity contribution is 9.10. The number of guanidine groups is 1. The number of ether oxygens (including phenoxy) is 2. The maximum atomic E-state index is 10.5. The summed E-state index contributed by atoms with van der Waals surface area (Å²) in [5.41, 5.74) is -0.766. The van der Waals surface area contributed by atoms with Crippen LogP contribution >= 0.6 is 15.9 Å². The highest BCUT2D eigenvalue weighted by Gasteiger charge is 2.29. The van der Waals surface area contributed by atoms with Crippen LogP contribution < -0.4 is 15.4 Å². The Kier molecular flexibility index (Phi) is 7.99. The Morgan fingerprint density at radius 1 is 1.36 bits per heavy atom. The topological polar surface area (TPSA) is 75.1 Å². The third kappa shape index (κ3) is 6.84. The number of hydrogen-bond acceptors (Lipinski definition) is 4. The predicted molar refractivity (Wildman–Crippen MR) is 103 cm³/mol. The number of aliphatic hydroxyl groups is 1. The number of nitrogens with zero attached hydrogens (tertiary/aromatic N) is 1. The fourth-order valence-corrected chi connectivity index (χ4v) is 2.89. The van der Waals surface area contributed by atoms with Gasteiger partial charge in [0.2, 0.25) is 0 Å². The van der Waals surface area contributed by atoms with Gasteiger partial charge in [0.05, 0.1) is 23.2 Å². The highest BCUT2D eigenvalue weighted by atomic mass is 79.9. The van der Waals surface area contributed by atoms with E-state index in [9.17, 15) is 5.11 Å². The van der Waals surface area contributed by atoms with Gasteiger partial charge in [-0.05, 0) is 41.9 Å². The quantitative estimate of drug-likeness (QED) is 0.472. The van der Waals surface area contributed by atoms with Gasteiger partial charge in [0.15, 0.2) is 5.96 Å². The zero-order chi connectivity index (χ0) is 18.1. The summed E-state index contributed by atoms with van der Waals surface area (Å²) in [4.78, 5) is 4.53. The van der Waals surface area contributed by atoms with Crippen molar-refractivity contribution in [2.45, 2.75) is 38.4 Å². The van der Waals surface area contributed by atoms with Crippen LogP contribution in [0, 0.1) is 0 Å². The first-order valence-corrected chi connectivity index (χ1v) is 9.55. The SMILES string of the molecule is CCNC(=NCC1(O)CCOCC1)NCC(C)Oc1ccccc1Br. The first kappa shape index (κ1) is 20.0. The van der Waals surface area contributed by atoms with Gasteiger partial charge < -0.3 is 25.2 Å². The second-order valence-electron chi connectivity index (χ2n) is 6.27. The molecule has 1 aliphatic heterocycles. The Hall–Kier alpha value is -1.31. The van der Waals surface area contributed by atoms with E-state index in [1.54, 1.807) is 0 Å². The van der Waals surface area contributed by atoms with Crippen LogP contribution in [-0.2, 0) is 4.74 Å². The predicted octanol–water partition coefficient (Wildman–Crippen LogP) is 2.31. The third-order valence-corrected chi connectivity index (χ3v) is 4.68. The van der Waals surface area contributed by atoms with E-state index in [4.69, 9.17) is 9.47 Å². The minimum absolute atomic E-state index is 0.0336. The molecule has 1 saturated heterocycles. The lowest BCUT2D eigenvalue weighted by atomic mass is 9.95. The largest absolute Gasteiger partial charge is 0.488 e. The first-order valence-electron chi connectivity index (χ1n) is 8.76. The molecule has 1 unspecified atom stereocenters. The van der Waals surface area contributed by atoms with E-state index < -0.39 is 5.60 Å². The van der Waals surface area contributed by atoms with Crippen LogP contribution in [-0.4, -0.2) is 55.6 Å². The van der Waals surface area contributed by atoms with Crippen LogP contribution in [0.25, 0.3) is 0 Å². The molecule has 25 heavy (non-hydrogen) atoms.